The second kappa shape index (κ2) is 11.2. The Balaban J connectivity index is 3.10. The molecule has 3 amide bonds. The van der Waals surface area contributed by atoms with Crippen molar-refractivity contribution >= 4 is 18.1 Å². The lowest BCUT2D eigenvalue weighted by atomic mass is 9.97. The zero-order chi connectivity index (χ0) is 24.7. The van der Waals surface area contributed by atoms with Crippen molar-refractivity contribution in [2.24, 2.45) is 5.92 Å². The number of benzene rings is 1. The molecular formula is C23H37N3O6. The van der Waals surface area contributed by atoms with Crippen LogP contribution in [0.1, 0.15) is 61.0 Å². The number of carbonyl (C=O) groups excluding carboxylic acids is 3. The third-order valence-corrected chi connectivity index (χ3v) is 4.08. The van der Waals surface area contributed by atoms with Gasteiger partial charge in [0.15, 0.2) is 6.10 Å². The fourth-order valence-corrected chi connectivity index (χ4v) is 2.80. The smallest absolute Gasteiger partial charge is 0.429 e. The molecule has 0 bridgehead atoms. The molecule has 0 saturated heterocycles. The van der Waals surface area contributed by atoms with Crippen LogP contribution in [-0.2, 0) is 20.8 Å². The number of rotatable bonds is 6. The second-order valence-electron chi connectivity index (χ2n) is 9.85. The average Bonchev–Trinajstić information content (AvgIpc) is 2.63. The quantitative estimate of drug-likeness (QED) is 0.571. The zero-order valence-corrected chi connectivity index (χ0v) is 20.3. The Labute approximate surface area is 190 Å². The van der Waals surface area contributed by atoms with Gasteiger partial charge in [0, 0.05) is 6.54 Å². The van der Waals surface area contributed by atoms with Crippen LogP contribution in [0.15, 0.2) is 30.3 Å². The summed E-state index contributed by atoms with van der Waals surface area (Å²) in [6.07, 6.45) is -3.47. The molecule has 32 heavy (non-hydrogen) atoms. The first-order valence-electron chi connectivity index (χ1n) is 10.6. The number of hydrogen-bond donors (Lipinski definition) is 3. The highest BCUT2D eigenvalue weighted by atomic mass is 16.6. The predicted molar refractivity (Wildman–Crippen MR) is 120 cm³/mol. The molecule has 0 heterocycles. The summed E-state index contributed by atoms with van der Waals surface area (Å²) < 4.78 is 10.6. The molecule has 180 valence electrons. The SMILES string of the molecule is CC(C)[C@H](C(O)C(=O)NCc1ccccc1)N(NC(=O)OC(C)(C)C)C(=O)OC(C)(C)C. The van der Waals surface area contributed by atoms with E-state index in [1.165, 1.54) is 0 Å². The van der Waals surface area contributed by atoms with Crippen LogP contribution in [0.2, 0.25) is 0 Å². The first kappa shape index (κ1) is 27.2. The molecule has 2 atom stereocenters. The normalized spacial score (nSPS) is 13.7. The van der Waals surface area contributed by atoms with Gasteiger partial charge in [0.2, 0.25) is 0 Å². The lowest BCUT2D eigenvalue weighted by Crippen LogP contribution is -2.62. The summed E-state index contributed by atoms with van der Waals surface area (Å²) in [6, 6.07) is 8.09. The Hall–Kier alpha value is -2.81. The van der Waals surface area contributed by atoms with Crippen LogP contribution in [0.4, 0.5) is 9.59 Å². The van der Waals surface area contributed by atoms with E-state index >= 15 is 0 Å². The summed E-state index contributed by atoms with van der Waals surface area (Å²) >= 11 is 0. The Kier molecular flexibility index (Phi) is 9.51. The molecule has 1 unspecified atom stereocenters. The van der Waals surface area contributed by atoms with Crippen LogP contribution >= 0.6 is 0 Å². The predicted octanol–water partition coefficient (Wildman–Crippen LogP) is 3.37. The molecule has 0 spiro atoms. The third-order valence-electron chi connectivity index (χ3n) is 4.08. The number of nitrogens with zero attached hydrogens (tertiary/aromatic N) is 1. The minimum absolute atomic E-state index is 0.202. The Morgan fingerprint density at radius 3 is 1.97 bits per heavy atom. The average molecular weight is 452 g/mol. The molecule has 0 aromatic heterocycles. The van der Waals surface area contributed by atoms with Crippen molar-refractivity contribution in [2.45, 2.75) is 85.3 Å². The summed E-state index contributed by atoms with van der Waals surface area (Å²) in [5.74, 6) is -1.11. The van der Waals surface area contributed by atoms with Gasteiger partial charge in [0.05, 0.1) is 6.04 Å². The van der Waals surface area contributed by atoms with Crippen molar-refractivity contribution in [3.63, 3.8) is 0 Å². The summed E-state index contributed by atoms with van der Waals surface area (Å²) in [4.78, 5) is 38.0. The summed E-state index contributed by atoms with van der Waals surface area (Å²) in [5, 5.41) is 14.3. The van der Waals surface area contributed by atoms with E-state index in [0.29, 0.717) is 0 Å². The van der Waals surface area contributed by atoms with E-state index in [4.69, 9.17) is 9.47 Å². The third kappa shape index (κ3) is 9.55. The number of aliphatic hydroxyl groups is 1. The van der Waals surface area contributed by atoms with Crippen LogP contribution < -0.4 is 10.7 Å². The van der Waals surface area contributed by atoms with Gasteiger partial charge in [-0.15, -0.1) is 0 Å². The number of hydrazine groups is 1. The molecule has 3 N–H and O–H groups in total. The van der Waals surface area contributed by atoms with Crippen molar-refractivity contribution in [3.05, 3.63) is 35.9 Å². The highest BCUT2D eigenvalue weighted by Gasteiger charge is 2.40. The molecule has 0 saturated carbocycles. The number of hydrogen-bond acceptors (Lipinski definition) is 6. The van der Waals surface area contributed by atoms with Crippen LogP contribution in [0, 0.1) is 5.92 Å². The van der Waals surface area contributed by atoms with Crippen molar-refractivity contribution in [1.82, 2.24) is 15.8 Å². The van der Waals surface area contributed by atoms with Gasteiger partial charge < -0.3 is 19.9 Å². The molecule has 9 heteroatoms. The van der Waals surface area contributed by atoms with Gasteiger partial charge >= 0.3 is 12.2 Å². The van der Waals surface area contributed by atoms with Gasteiger partial charge in [-0.2, -0.15) is 0 Å². The first-order chi connectivity index (χ1) is 14.6. The summed E-state index contributed by atoms with van der Waals surface area (Å²) in [6.45, 7) is 13.7. The molecule has 1 aromatic rings. The molecular weight excluding hydrogens is 414 g/mol. The first-order valence-corrected chi connectivity index (χ1v) is 10.6. The van der Waals surface area contributed by atoms with Gasteiger partial charge in [0.25, 0.3) is 5.91 Å². The minimum atomic E-state index is -1.64. The highest BCUT2D eigenvalue weighted by molar-refractivity contribution is 5.83. The van der Waals surface area contributed by atoms with Gasteiger partial charge in [-0.25, -0.2) is 20.0 Å². The van der Waals surface area contributed by atoms with Crippen molar-refractivity contribution in [1.29, 1.82) is 0 Å². The number of ether oxygens (including phenoxy) is 2. The fourth-order valence-electron chi connectivity index (χ4n) is 2.80. The van der Waals surface area contributed by atoms with E-state index in [9.17, 15) is 19.5 Å². The van der Waals surface area contributed by atoms with Crippen molar-refractivity contribution in [2.75, 3.05) is 0 Å². The summed E-state index contributed by atoms with van der Waals surface area (Å²) in [5.41, 5.74) is 1.51. The number of amides is 3. The van der Waals surface area contributed by atoms with E-state index < -0.39 is 47.4 Å². The molecule has 1 rings (SSSR count). The molecule has 0 radical (unpaired) electrons. The van der Waals surface area contributed by atoms with Crippen molar-refractivity contribution in [3.8, 4) is 0 Å². The maximum atomic E-state index is 12.9. The second-order valence-corrected chi connectivity index (χ2v) is 9.85. The largest absolute Gasteiger partial charge is 0.443 e. The molecule has 0 aliphatic rings. The lowest BCUT2D eigenvalue weighted by Gasteiger charge is -2.37. The Bertz CT molecular complexity index is 768. The van der Waals surface area contributed by atoms with Crippen LogP contribution in [-0.4, -0.2) is 51.6 Å². The van der Waals surface area contributed by atoms with Gasteiger partial charge in [-0.05, 0) is 53.0 Å². The van der Waals surface area contributed by atoms with E-state index in [2.05, 4.69) is 10.7 Å². The summed E-state index contributed by atoms with van der Waals surface area (Å²) in [7, 11) is 0. The van der Waals surface area contributed by atoms with Gasteiger partial charge in [-0.1, -0.05) is 44.2 Å². The minimum Gasteiger partial charge on any atom is -0.443 e. The van der Waals surface area contributed by atoms with Crippen LogP contribution in [0.5, 0.6) is 0 Å². The van der Waals surface area contributed by atoms with Crippen LogP contribution in [0.25, 0.3) is 0 Å². The Morgan fingerprint density at radius 2 is 1.50 bits per heavy atom. The van der Waals surface area contributed by atoms with E-state index in [0.717, 1.165) is 10.6 Å². The fraction of sp³-hybridized carbons (Fsp3) is 0.609. The molecule has 9 nitrogen and oxygen atoms in total. The monoisotopic (exact) mass is 451 g/mol. The zero-order valence-electron chi connectivity index (χ0n) is 20.3. The van der Waals surface area contributed by atoms with E-state index in [1.54, 1.807) is 55.4 Å². The topological polar surface area (TPSA) is 117 Å². The molecule has 0 fully saturated rings. The molecule has 1 aromatic carbocycles. The van der Waals surface area contributed by atoms with E-state index in [-0.39, 0.29) is 6.54 Å². The Morgan fingerprint density at radius 1 is 0.969 bits per heavy atom. The maximum absolute atomic E-state index is 12.9. The number of nitrogens with one attached hydrogen (secondary N) is 2. The molecule has 0 aliphatic heterocycles. The standard InChI is InChI=1S/C23H37N3O6/c1-15(2)17(18(27)19(28)24-14-16-12-10-9-11-13-16)26(21(30)32-23(6,7)8)25-20(29)31-22(3,4)5/h9-13,15,17-18,27H,14H2,1-8H3,(H,24,28)(H,25,29)/t17-,18?/m1/s1. The van der Waals surface area contributed by atoms with Crippen LogP contribution in [0.3, 0.4) is 0 Å². The van der Waals surface area contributed by atoms with E-state index in [1.807, 2.05) is 30.3 Å². The highest BCUT2D eigenvalue weighted by Crippen LogP contribution is 2.19. The lowest BCUT2D eigenvalue weighted by molar-refractivity contribution is -0.135. The van der Waals surface area contributed by atoms with Crippen molar-refractivity contribution < 1.29 is 29.0 Å². The molecule has 0 aliphatic carbocycles. The van der Waals surface area contributed by atoms with Gasteiger partial charge in [0.1, 0.15) is 11.2 Å². The number of carbonyl (C=O) groups is 3. The van der Waals surface area contributed by atoms with Gasteiger partial charge in [-0.3, -0.25) is 4.79 Å². The maximum Gasteiger partial charge on any atom is 0.429 e. The number of aliphatic hydroxyl groups excluding tert-OH is 1.